The number of aliphatic hydroxyl groups is 1. The molecule has 0 radical (unpaired) electrons. The summed E-state index contributed by atoms with van der Waals surface area (Å²) in [6, 6.07) is 13.5. The van der Waals surface area contributed by atoms with Gasteiger partial charge in [0.2, 0.25) is 11.8 Å². The molecular weight excluding hydrogens is 473 g/mol. The van der Waals surface area contributed by atoms with Crippen LogP contribution in [0.1, 0.15) is 36.3 Å². The van der Waals surface area contributed by atoms with Gasteiger partial charge in [-0.25, -0.2) is 0 Å². The van der Waals surface area contributed by atoms with E-state index in [0.29, 0.717) is 37.4 Å². The molecule has 1 aromatic heterocycles. The second-order valence-corrected chi connectivity index (χ2v) is 10.0. The van der Waals surface area contributed by atoms with Crippen molar-refractivity contribution in [3.8, 4) is 0 Å². The van der Waals surface area contributed by atoms with Crippen molar-refractivity contribution < 1.29 is 33.5 Å². The van der Waals surface area contributed by atoms with Crippen LogP contribution in [0, 0.1) is 17.8 Å². The Morgan fingerprint density at radius 2 is 1.95 bits per heavy atom. The van der Waals surface area contributed by atoms with Gasteiger partial charge in [-0.3, -0.25) is 14.5 Å². The number of methoxy groups -OCH3 is 1. The minimum Gasteiger partial charge on any atom is -0.459 e. The number of carbonyl (C=O) groups excluding carboxylic acids is 2. The molecule has 0 spiro atoms. The molecule has 1 aliphatic carbocycles. The van der Waals surface area contributed by atoms with Crippen molar-refractivity contribution in [3.63, 3.8) is 0 Å². The van der Waals surface area contributed by atoms with E-state index in [4.69, 9.17) is 13.8 Å². The second kappa shape index (κ2) is 10.8. The van der Waals surface area contributed by atoms with Crippen LogP contribution in [0.2, 0.25) is 6.32 Å². The highest BCUT2D eigenvalue weighted by atomic mass is 16.5. The van der Waals surface area contributed by atoms with Crippen molar-refractivity contribution in [1.82, 2.24) is 4.90 Å². The molecule has 2 saturated heterocycles. The molecule has 3 aliphatic rings. The number of rotatable bonds is 8. The molecule has 9 heteroatoms. The van der Waals surface area contributed by atoms with Crippen LogP contribution in [0.15, 0.2) is 58.0 Å². The summed E-state index contributed by atoms with van der Waals surface area (Å²) in [5.41, 5.74) is 4.04. The lowest BCUT2D eigenvalue weighted by Gasteiger charge is -2.43. The molecule has 194 valence electrons. The fourth-order valence-electron chi connectivity index (χ4n) is 6.20. The van der Waals surface area contributed by atoms with Crippen molar-refractivity contribution in [1.29, 1.82) is 0 Å². The Kier molecular flexibility index (Phi) is 7.49. The number of amides is 2. The number of ether oxygens (including phenoxy) is 1. The quantitative estimate of drug-likeness (QED) is 0.322. The molecule has 1 aromatic carbocycles. The fourth-order valence-corrected chi connectivity index (χ4v) is 6.20. The molecule has 5 rings (SSSR count). The maximum Gasteiger partial charge on any atom is 0.455 e. The highest BCUT2D eigenvalue weighted by Gasteiger charge is 2.56. The van der Waals surface area contributed by atoms with Gasteiger partial charge in [0.25, 0.3) is 0 Å². The lowest BCUT2D eigenvalue weighted by Crippen LogP contribution is -2.46. The molecule has 4 atom stereocenters. The number of aliphatic hydroxyl groups excluding tert-OH is 1. The van der Waals surface area contributed by atoms with Gasteiger partial charge in [-0.05, 0) is 72.0 Å². The molecule has 0 bridgehead atoms. The summed E-state index contributed by atoms with van der Waals surface area (Å²) >= 11 is 0. The van der Waals surface area contributed by atoms with E-state index in [9.17, 15) is 19.7 Å². The molecule has 2 N–H and O–H groups in total. The van der Waals surface area contributed by atoms with E-state index >= 15 is 0 Å². The van der Waals surface area contributed by atoms with Gasteiger partial charge in [-0.15, -0.1) is 0 Å². The highest BCUT2D eigenvalue weighted by Crippen LogP contribution is 2.50. The molecule has 2 fully saturated rings. The Morgan fingerprint density at radius 3 is 2.65 bits per heavy atom. The van der Waals surface area contributed by atoms with Crippen LogP contribution in [-0.2, 0) is 25.6 Å². The van der Waals surface area contributed by atoms with E-state index in [1.54, 1.807) is 20.2 Å². The third kappa shape index (κ3) is 4.96. The Balaban J connectivity index is 1.47. The maximum absolute atomic E-state index is 13.1. The zero-order valence-corrected chi connectivity index (χ0v) is 21.1. The topological polar surface area (TPSA) is 109 Å². The smallest absolute Gasteiger partial charge is 0.455 e. The molecule has 37 heavy (non-hydrogen) atoms. The Labute approximate surface area is 216 Å². The van der Waals surface area contributed by atoms with Crippen molar-refractivity contribution in [2.75, 3.05) is 20.8 Å². The SMILES string of the molecule is COCC1=C2[C@@H](CC/C(=C/c3ccc(CO)o3)c3ccccc3)OB(O)C[C@@H]2[C@@H]2C(=O)N(C)C(=O)[C@@H]2C1. The van der Waals surface area contributed by atoms with Gasteiger partial charge in [0, 0.05) is 14.2 Å². The number of fused-ring (bicyclic) bond motifs is 3. The number of carbonyl (C=O) groups is 2. The first-order valence-electron chi connectivity index (χ1n) is 12.7. The van der Waals surface area contributed by atoms with Gasteiger partial charge >= 0.3 is 7.12 Å². The van der Waals surface area contributed by atoms with E-state index < -0.39 is 25.1 Å². The second-order valence-electron chi connectivity index (χ2n) is 10.0. The molecule has 0 saturated carbocycles. The summed E-state index contributed by atoms with van der Waals surface area (Å²) in [4.78, 5) is 27.1. The van der Waals surface area contributed by atoms with Crippen LogP contribution in [0.4, 0.5) is 0 Å². The summed E-state index contributed by atoms with van der Waals surface area (Å²) in [5, 5.41) is 20.1. The monoisotopic (exact) mass is 505 g/mol. The molecule has 2 amide bonds. The molecule has 2 aromatic rings. The Hall–Kier alpha value is -2.98. The van der Waals surface area contributed by atoms with Gasteiger partial charge in [0.05, 0.1) is 24.5 Å². The lowest BCUT2D eigenvalue weighted by molar-refractivity contribution is -0.138. The Bertz CT molecular complexity index is 1220. The van der Waals surface area contributed by atoms with E-state index in [1.165, 1.54) is 4.90 Å². The average Bonchev–Trinajstić information content (AvgIpc) is 3.45. The predicted molar refractivity (Wildman–Crippen MR) is 138 cm³/mol. The van der Waals surface area contributed by atoms with Gasteiger partial charge in [0.1, 0.15) is 18.1 Å². The highest BCUT2D eigenvalue weighted by molar-refractivity contribution is 6.43. The first-order chi connectivity index (χ1) is 17.9. The van der Waals surface area contributed by atoms with Crippen LogP contribution in [-0.4, -0.2) is 60.8 Å². The number of hydrogen-bond donors (Lipinski definition) is 2. The third-order valence-electron chi connectivity index (χ3n) is 7.82. The van der Waals surface area contributed by atoms with Crippen LogP contribution in [0.25, 0.3) is 11.6 Å². The summed E-state index contributed by atoms with van der Waals surface area (Å²) in [7, 11) is 2.15. The number of benzene rings is 1. The number of allylic oxidation sites excluding steroid dienone is 1. The predicted octanol–water partition coefficient (Wildman–Crippen LogP) is 3.17. The van der Waals surface area contributed by atoms with Crippen molar-refractivity contribution in [3.05, 3.63) is 70.7 Å². The van der Waals surface area contributed by atoms with Gasteiger partial charge < -0.3 is 23.9 Å². The third-order valence-corrected chi connectivity index (χ3v) is 7.82. The van der Waals surface area contributed by atoms with Crippen LogP contribution >= 0.6 is 0 Å². The summed E-state index contributed by atoms with van der Waals surface area (Å²) in [6.07, 6.45) is 3.48. The minimum atomic E-state index is -1.02. The van der Waals surface area contributed by atoms with E-state index in [1.807, 2.05) is 42.5 Å². The van der Waals surface area contributed by atoms with E-state index in [2.05, 4.69) is 0 Å². The number of imide groups is 1. The zero-order valence-electron chi connectivity index (χ0n) is 21.1. The van der Waals surface area contributed by atoms with Crippen molar-refractivity contribution >= 4 is 30.6 Å². The molecule has 2 aliphatic heterocycles. The normalized spacial score (nSPS) is 26.1. The number of furan rings is 1. The van der Waals surface area contributed by atoms with Crippen LogP contribution in [0.3, 0.4) is 0 Å². The van der Waals surface area contributed by atoms with Crippen LogP contribution < -0.4 is 0 Å². The first-order valence-corrected chi connectivity index (χ1v) is 12.7. The van der Waals surface area contributed by atoms with Crippen LogP contribution in [0.5, 0.6) is 0 Å². The Morgan fingerprint density at radius 1 is 1.16 bits per heavy atom. The van der Waals surface area contributed by atoms with Crippen molar-refractivity contribution in [2.45, 2.75) is 38.3 Å². The van der Waals surface area contributed by atoms with Gasteiger partial charge in [-0.1, -0.05) is 30.3 Å². The fraction of sp³-hybridized carbons (Fsp3) is 0.429. The summed E-state index contributed by atoms with van der Waals surface area (Å²) < 4.78 is 17.3. The van der Waals surface area contributed by atoms with E-state index in [0.717, 1.165) is 22.3 Å². The number of nitrogens with zero attached hydrogens (tertiary/aromatic N) is 1. The molecular formula is C28H32BNO7. The van der Waals surface area contributed by atoms with Gasteiger partial charge in [-0.2, -0.15) is 0 Å². The molecule has 3 heterocycles. The number of likely N-dealkylation sites (tertiary alicyclic amines) is 1. The molecule has 8 nitrogen and oxygen atoms in total. The van der Waals surface area contributed by atoms with Gasteiger partial charge in [0.15, 0.2) is 0 Å². The maximum atomic E-state index is 13.1. The minimum absolute atomic E-state index is 0.157. The first kappa shape index (κ1) is 25.7. The summed E-state index contributed by atoms with van der Waals surface area (Å²) in [6.45, 7) is 0.187. The largest absolute Gasteiger partial charge is 0.459 e. The number of hydrogen-bond acceptors (Lipinski definition) is 7. The standard InChI is InChI=1S/C28H32BNO7/c1-30-27(32)22-13-19(16-35-2)25-23(26(22)28(30)33)14-29(34)37-24(25)11-8-18(17-6-4-3-5-7-17)12-20-9-10-21(15-31)36-20/h3-7,9-10,12,22-24,26,31,34H,8,11,13-16H2,1-2H3/b18-12-/t22-,23+,24-,26-/m1/s1. The lowest BCUT2D eigenvalue weighted by atomic mass is 9.58. The van der Waals surface area contributed by atoms with Crippen molar-refractivity contribution in [2.24, 2.45) is 17.8 Å². The zero-order chi connectivity index (χ0) is 26.1. The molecule has 0 unspecified atom stereocenters. The summed E-state index contributed by atoms with van der Waals surface area (Å²) in [5.74, 6) is -0.352. The average molecular weight is 505 g/mol. The van der Waals surface area contributed by atoms with E-state index in [-0.39, 0.29) is 30.7 Å².